The number of nitrogens with one attached hydrogen (secondary N) is 2. The van der Waals surface area contributed by atoms with Crippen molar-refractivity contribution >= 4 is 46.1 Å². The lowest BCUT2D eigenvalue weighted by atomic mass is 10.00. The van der Waals surface area contributed by atoms with Crippen LogP contribution in [-0.4, -0.2) is 36.3 Å². The molecule has 0 aliphatic carbocycles. The van der Waals surface area contributed by atoms with Gasteiger partial charge in [-0.25, -0.2) is 0 Å². The fourth-order valence-electron chi connectivity index (χ4n) is 3.64. The standard InChI is InChI=1S/C22H22ClN3O3/c1-3-26(4-2)11-19(27)24-15-7-5-13-12-29-21(16(13)10-15)20-17-9-14(23)6-8-18(17)25-22(20)28/h5-10H,3-4,11-12H2,1-2H3,(H,24,27)(H,25,28)/b21-20+. The minimum absolute atomic E-state index is 0.0718. The summed E-state index contributed by atoms with van der Waals surface area (Å²) >= 11 is 6.14. The Kier molecular flexibility index (Phi) is 5.30. The zero-order chi connectivity index (χ0) is 20.5. The van der Waals surface area contributed by atoms with E-state index in [9.17, 15) is 9.59 Å². The van der Waals surface area contributed by atoms with Crippen molar-refractivity contribution in [2.45, 2.75) is 20.5 Å². The van der Waals surface area contributed by atoms with Crippen LogP contribution in [0.3, 0.4) is 0 Å². The number of anilines is 2. The molecule has 2 aliphatic rings. The van der Waals surface area contributed by atoms with Crippen molar-refractivity contribution in [1.82, 2.24) is 4.90 Å². The number of carbonyl (C=O) groups excluding carboxylic acids is 2. The molecule has 29 heavy (non-hydrogen) atoms. The summed E-state index contributed by atoms with van der Waals surface area (Å²) in [4.78, 5) is 27.0. The van der Waals surface area contributed by atoms with E-state index in [0.717, 1.165) is 29.8 Å². The topological polar surface area (TPSA) is 70.7 Å². The molecule has 0 unspecified atom stereocenters. The lowest BCUT2D eigenvalue weighted by molar-refractivity contribution is -0.117. The van der Waals surface area contributed by atoms with Gasteiger partial charge in [-0.05, 0) is 43.4 Å². The van der Waals surface area contributed by atoms with Gasteiger partial charge in [0.05, 0.1) is 12.1 Å². The molecule has 150 valence electrons. The van der Waals surface area contributed by atoms with Crippen LogP contribution in [0.2, 0.25) is 5.02 Å². The van der Waals surface area contributed by atoms with Crippen molar-refractivity contribution < 1.29 is 14.3 Å². The van der Waals surface area contributed by atoms with Crippen molar-refractivity contribution in [1.29, 1.82) is 0 Å². The second-order valence-electron chi connectivity index (χ2n) is 7.02. The highest BCUT2D eigenvalue weighted by Gasteiger charge is 2.32. The van der Waals surface area contributed by atoms with E-state index >= 15 is 0 Å². The molecule has 7 heteroatoms. The molecular formula is C22H22ClN3O3. The molecule has 2 aromatic carbocycles. The van der Waals surface area contributed by atoms with Crippen LogP contribution < -0.4 is 10.6 Å². The Labute approximate surface area is 174 Å². The predicted octanol–water partition coefficient (Wildman–Crippen LogP) is 3.97. The number of ether oxygens (including phenoxy) is 1. The summed E-state index contributed by atoms with van der Waals surface area (Å²) in [6, 6.07) is 10.9. The van der Waals surface area contributed by atoms with E-state index < -0.39 is 0 Å². The second-order valence-corrected chi connectivity index (χ2v) is 7.45. The molecule has 0 saturated heterocycles. The Balaban J connectivity index is 1.67. The third kappa shape index (κ3) is 3.73. The summed E-state index contributed by atoms with van der Waals surface area (Å²) in [6.07, 6.45) is 0. The van der Waals surface area contributed by atoms with Crippen LogP contribution >= 0.6 is 11.6 Å². The summed E-state index contributed by atoms with van der Waals surface area (Å²) in [7, 11) is 0. The minimum Gasteiger partial charge on any atom is -0.487 e. The summed E-state index contributed by atoms with van der Waals surface area (Å²) in [5.74, 6) is 0.219. The van der Waals surface area contributed by atoms with Crippen molar-refractivity contribution in [2.24, 2.45) is 0 Å². The third-order valence-electron chi connectivity index (χ3n) is 5.23. The van der Waals surface area contributed by atoms with Gasteiger partial charge in [0.15, 0.2) is 0 Å². The van der Waals surface area contributed by atoms with Crippen LogP contribution in [0.15, 0.2) is 36.4 Å². The van der Waals surface area contributed by atoms with E-state index in [1.54, 1.807) is 18.2 Å². The first-order valence-corrected chi connectivity index (χ1v) is 10.0. The molecule has 0 fully saturated rings. The summed E-state index contributed by atoms with van der Waals surface area (Å²) in [5.41, 5.74) is 4.35. The van der Waals surface area contributed by atoms with Crippen LogP contribution in [0, 0.1) is 0 Å². The van der Waals surface area contributed by atoms with Gasteiger partial charge in [-0.15, -0.1) is 0 Å². The zero-order valence-electron chi connectivity index (χ0n) is 16.3. The third-order valence-corrected chi connectivity index (χ3v) is 5.46. The highest BCUT2D eigenvalue weighted by atomic mass is 35.5. The van der Waals surface area contributed by atoms with E-state index in [4.69, 9.17) is 16.3 Å². The average molecular weight is 412 g/mol. The van der Waals surface area contributed by atoms with E-state index in [1.807, 2.05) is 36.9 Å². The number of benzene rings is 2. The van der Waals surface area contributed by atoms with Crippen molar-refractivity contribution in [3.05, 3.63) is 58.1 Å². The van der Waals surface area contributed by atoms with E-state index in [2.05, 4.69) is 10.6 Å². The second kappa shape index (κ2) is 7.89. The largest absolute Gasteiger partial charge is 0.487 e. The van der Waals surface area contributed by atoms with Gasteiger partial charge in [0.25, 0.3) is 5.91 Å². The molecule has 2 heterocycles. The SMILES string of the molecule is CCN(CC)CC(=O)Nc1ccc2c(c1)/C(=C1\C(=O)Nc3ccc(Cl)cc31)OC2. The summed E-state index contributed by atoms with van der Waals surface area (Å²) in [6.45, 7) is 6.40. The summed E-state index contributed by atoms with van der Waals surface area (Å²) < 4.78 is 5.89. The van der Waals surface area contributed by atoms with E-state index in [1.165, 1.54) is 0 Å². The number of rotatable bonds is 5. The molecule has 0 saturated carbocycles. The molecule has 0 spiro atoms. The van der Waals surface area contributed by atoms with Gasteiger partial charge in [-0.2, -0.15) is 0 Å². The lowest BCUT2D eigenvalue weighted by Gasteiger charge is -2.17. The number of halogens is 1. The van der Waals surface area contributed by atoms with E-state index in [-0.39, 0.29) is 11.8 Å². The van der Waals surface area contributed by atoms with Gasteiger partial charge in [0, 0.05) is 33.1 Å². The zero-order valence-corrected chi connectivity index (χ0v) is 17.1. The number of likely N-dealkylation sites (N-methyl/N-ethyl adjacent to an activating group) is 1. The van der Waals surface area contributed by atoms with Crippen molar-refractivity contribution in [3.63, 3.8) is 0 Å². The molecule has 0 radical (unpaired) electrons. The molecule has 0 aromatic heterocycles. The first-order chi connectivity index (χ1) is 14.0. The maximum Gasteiger partial charge on any atom is 0.260 e. The average Bonchev–Trinajstić information content (AvgIpc) is 3.25. The van der Waals surface area contributed by atoms with Crippen LogP contribution in [-0.2, 0) is 20.9 Å². The Morgan fingerprint density at radius 3 is 2.72 bits per heavy atom. The van der Waals surface area contributed by atoms with Gasteiger partial charge >= 0.3 is 0 Å². The minimum atomic E-state index is -0.221. The number of hydrogen-bond donors (Lipinski definition) is 2. The highest BCUT2D eigenvalue weighted by Crippen LogP contribution is 2.42. The fraction of sp³-hybridized carbons (Fsp3) is 0.273. The smallest absolute Gasteiger partial charge is 0.260 e. The Hall–Kier alpha value is -2.83. The number of hydrogen-bond acceptors (Lipinski definition) is 4. The van der Waals surface area contributed by atoms with Gasteiger partial charge in [0.2, 0.25) is 5.91 Å². The molecule has 6 nitrogen and oxygen atoms in total. The molecule has 2 amide bonds. The highest BCUT2D eigenvalue weighted by molar-refractivity contribution is 6.38. The molecule has 2 aliphatic heterocycles. The monoisotopic (exact) mass is 411 g/mol. The molecule has 2 aromatic rings. The molecule has 2 N–H and O–H groups in total. The summed E-state index contributed by atoms with van der Waals surface area (Å²) in [5, 5.41) is 6.34. The molecule has 4 rings (SSSR count). The predicted molar refractivity (Wildman–Crippen MR) is 115 cm³/mol. The first-order valence-electron chi connectivity index (χ1n) is 9.64. The Bertz CT molecular complexity index is 1030. The van der Waals surface area contributed by atoms with Gasteiger partial charge in [0.1, 0.15) is 12.4 Å². The molecule has 0 bridgehead atoms. The lowest BCUT2D eigenvalue weighted by Crippen LogP contribution is -2.32. The molecule has 0 atom stereocenters. The van der Waals surface area contributed by atoms with Gasteiger partial charge < -0.3 is 15.4 Å². The Morgan fingerprint density at radius 1 is 1.17 bits per heavy atom. The number of fused-ring (bicyclic) bond motifs is 2. The van der Waals surface area contributed by atoms with Gasteiger partial charge in [-0.3, -0.25) is 14.5 Å². The first kappa shape index (κ1) is 19.5. The fourth-order valence-corrected chi connectivity index (χ4v) is 3.81. The normalized spacial score (nSPS) is 17.0. The van der Waals surface area contributed by atoms with Gasteiger partial charge in [-0.1, -0.05) is 31.5 Å². The van der Waals surface area contributed by atoms with Crippen LogP contribution in [0.4, 0.5) is 11.4 Å². The number of carbonyl (C=O) groups is 2. The number of nitrogens with zero attached hydrogens (tertiary/aromatic N) is 1. The Morgan fingerprint density at radius 2 is 1.97 bits per heavy atom. The molecular weight excluding hydrogens is 390 g/mol. The van der Waals surface area contributed by atoms with E-state index in [0.29, 0.717) is 40.9 Å². The quantitative estimate of drug-likeness (QED) is 0.730. The maximum absolute atomic E-state index is 12.6. The van der Waals surface area contributed by atoms with Crippen molar-refractivity contribution in [3.8, 4) is 0 Å². The van der Waals surface area contributed by atoms with Crippen LogP contribution in [0.25, 0.3) is 11.3 Å². The van der Waals surface area contributed by atoms with Crippen molar-refractivity contribution in [2.75, 3.05) is 30.3 Å². The maximum atomic E-state index is 12.6. The number of amides is 2. The van der Waals surface area contributed by atoms with Crippen LogP contribution in [0.1, 0.15) is 30.5 Å². The van der Waals surface area contributed by atoms with Crippen LogP contribution in [0.5, 0.6) is 0 Å².